The number of esters is 4. The van der Waals surface area contributed by atoms with Crippen molar-refractivity contribution in [1.82, 2.24) is 0 Å². The van der Waals surface area contributed by atoms with Gasteiger partial charge in [-0.25, -0.2) is 9.13 Å². The lowest BCUT2D eigenvalue weighted by Gasteiger charge is -2.21. The van der Waals surface area contributed by atoms with Crippen LogP contribution in [0.1, 0.15) is 400 Å². The Bertz CT molecular complexity index is 1870. The van der Waals surface area contributed by atoms with Crippen molar-refractivity contribution in [2.75, 3.05) is 39.6 Å². The Balaban J connectivity index is 5.28. The van der Waals surface area contributed by atoms with Crippen molar-refractivity contribution >= 4 is 39.5 Å². The number of rotatable bonds is 77. The van der Waals surface area contributed by atoms with Gasteiger partial charge in [0.1, 0.15) is 19.3 Å². The molecule has 0 saturated carbocycles. The van der Waals surface area contributed by atoms with Crippen LogP contribution in [0.4, 0.5) is 0 Å². The molecule has 0 aliphatic rings. The fourth-order valence-corrected chi connectivity index (χ4v) is 13.2. The van der Waals surface area contributed by atoms with Crippen LogP contribution >= 0.6 is 15.6 Å². The molecule has 2 unspecified atom stereocenters. The maximum Gasteiger partial charge on any atom is 0.472 e. The van der Waals surface area contributed by atoms with Gasteiger partial charge in [0.15, 0.2) is 12.2 Å². The lowest BCUT2D eigenvalue weighted by Crippen LogP contribution is -2.30. The molecule has 568 valence electrons. The first-order chi connectivity index (χ1) is 46.7. The molecular weight excluding hydrogens is 1260 g/mol. The molecular formula is C77H148O17P2. The summed E-state index contributed by atoms with van der Waals surface area (Å²) in [6.45, 7) is 4.98. The van der Waals surface area contributed by atoms with Crippen LogP contribution in [-0.4, -0.2) is 96.7 Å². The van der Waals surface area contributed by atoms with Crippen molar-refractivity contribution in [3.05, 3.63) is 12.2 Å². The van der Waals surface area contributed by atoms with Gasteiger partial charge >= 0.3 is 39.5 Å². The van der Waals surface area contributed by atoms with E-state index < -0.39 is 97.5 Å². The van der Waals surface area contributed by atoms with Crippen molar-refractivity contribution in [3.63, 3.8) is 0 Å². The zero-order chi connectivity index (χ0) is 70.4. The highest BCUT2D eigenvalue weighted by molar-refractivity contribution is 7.47. The van der Waals surface area contributed by atoms with Crippen LogP contribution in [0.25, 0.3) is 0 Å². The van der Waals surface area contributed by atoms with E-state index in [0.29, 0.717) is 25.7 Å². The molecule has 96 heavy (non-hydrogen) atoms. The third-order valence-electron chi connectivity index (χ3n) is 17.8. The van der Waals surface area contributed by atoms with Gasteiger partial charge in [-0.1, -0.05) is 335 Å². The number of phosphoric ester groups is 2. The number of carbonyl (C=O) groups excluding carboxylic acids is 4. The molecule has 0 aliphatic heterocycles. The minimum atomic E-state index is -4.96. The number of hydrogen-bond donors (Lipinski definition) is 3. The molecule has 17 nitrogen and oxygen atoms in total. The Labute approximate surface area is 587 Å². The number of phosphoric acid groups is 2. The lowest BCUT2D eigenvalue weighted by molar-refractivity contribution is -0.161. The van der Waals surface area contributed by atoms with E-state index in [0.717, 1.165) is 103 Å². The quantitative estimate of drug-likeness (QED) is 0.0169. The lowest BCUT2D eigenvalue weighted by atomic mass is 10.0. The van der Waals surface area contributed by atoms with Crippen LogP contribution in [0.15, 0.2) is 12.2 Å². The average Bonchev–Trinajstić information content (AvgIpc) is 1.29. The monoisotopic (exact) mass is 1410 g/mol. The van der Waals surface area contributed by atoms with Crippen LogP contribution < -0.4 is 0 Å². The predicted molar refractivity (Wildman–Crippen MR) is 391 cm³/mol. The molecule has 0 saturated heterocycles. The first-order valence-corrected chi connectivity index (χ1v) is 42.9. The minimum absolute atomic E-state index is 0.0951. The molecule has 0 aromatic heterocycles. The molecule has 0 fully saturated rings. The second-order valence-corrected chi connectivity index (χ2v) is 30.3. The molecule has 3 N–H and O–H groups in total. The van der Waals surface area contributed by atoms with E-state index in [-0.39, 0.29) is 25.7 Å². The SMILES string of the molecule is CCCCCCCC/C=C\CCCCCCCC(=O)O[C@H](COC(=O)CCCCCCCCCCCCCCC)COP(=O)(O)OC[C@H](O)COP(=O)(O)OC[C@@H](COC(=O)CCCCCCCCCCCCCCCCC)OC(=O)CCCCCCCCCCCCCCC. The summed E-state index contributed by atoms with van der Waals surface area (Å²) in [4.78, 5) is 72.9. The number of aliphatic hydroxyl groups is 1. The van der Waals surface area contributed by atoms with Crippen LogP contribution in [0.3, 0.4) is 0 Å². The number of unbranched alkanes of at least 4 members (excludes halogenated alkanes) is 49. The van der Waals surface area contributed by atoms with Crippen molar-refractivity contribution in [2.45, 2.75) is 418 Å². The Hall–Kier alpha value is -2.20. The standard InChI is InChI=1S/C77H148O17P2/c1-5-9-13-17-21-25-29-33-35-39-42-46-50-54-58-62-75(80)88-68-72(93-76(81)63-59-55-51-47-43-38-32-28-24-20-16-12-8-4)69-91-95(83,84)89-65-71(78)66-90-96(85,86)92-70-73(67-87-74(79)61-57-53-49-45-41-37-31-27-23-19-15-11-7-3)94-77(82)64-60-56-52-48-44-40-36-34-30-26-22-18-14-10-6-2/h34,36,71-73,78H,5-33,35,37-70H2,1-4H3,(H,83,84)(H,85,86)/b36-34-/t71-,72-,73-/m1/s1. The number of hydrogen-bond acceptors (Lipinski definition) is 15. The predicted octanol–water partition coefficient (Wildman–Crippen LogP) is 22.8. The maximum atomic E-state index is 13.1. The highest BCUT2D eigenvalue weighted by Crippen LogP contribution is 2.45. The van der Waals surface area contributed by atoms with Gasteiger partial charge in [0.2, 0.25) is 0 Å². The molecule has 0 aliphatic carbocycles. The van der Waals surface area contributed by atoms with E-state index in [1.54, 1.807) is 0 Å². The number of carbonyl (C=O) groups is 4. The van der Waals surface area contributed by atoms with Gasteiger partial charge in [0.25, 0.3) is 0 Å². The molecule has 19 heteroatoms. The average molecular weight is 1410 g/mol. The van der Waals surface area contributed by atoms with Gasteiger partial charge in [-0.3, -0.25) is 37.3 Å². The van der Waals surface area contributed by atoms with Crippen molar-refractivity contribution < 1.29 is 80.2 Å². The smallest absolute Gasteiger partial charge is 0.462 e. The summed E-state index contributed by atoms with van der Waals surface area (Å²) in [5.74, 6) is -2.12. The zero-order valence-electron chi connectivity index (χ0n) is 62.1. The molecule has 0 spiro atoms. The third-order valence-corrected chi connectivity index (χ3v) is 19.7. The van der Waals surface area contributed by atoms with E-state index in [1.807, 2.05) is 0 Å². The zero-order valence-corrected chi connectivity index (χ0v) is 63.9. The fourth-order valence-electron chi connectivity index (χ4n) is 11.6. The summed E-state index contributed by atoms with van der Waals surface area (Å²) in [5.41, 5.74) is 0. The Morgan fingerprint density at radius 1 is 0.281 bits per heavy atom. The highest BCUT2D eigenvalue weighted by Gasteiger charge is 2.30. The largest absolute Gasteiger partial charge is 0.472 e. The summed E-state index contributed by atoms with van der Waals surface area (Å²) in [6, 6.07) is 0. The Kier molecular flexibility index (Phi) is 69.6. The number of aliphatic hydroxyl groups excluding tert-OH is 1. The van der Waals surface area contributed by atoms with Gasteiger partial charge in [-0.2, -0.15) is 0 Å². The van der Waals surface area contributed by atoms with Gasteiger partial charge in [-0.05, 0) is 51.4 Å². The molecule has 0 radical (unpaired) electrons. The summed E-state index contributed by atoms with van der Waals surface area (Å²) >= 11 is 0. The summed E-state index contributed by atoms with van der Waals surface area (Å²) in [6.07, 6.45) is 63.3. The molecule has 0 heterocycles. The molecule has 0 amide bonds. The molecule has 0 aromatic carbocycles. The normalized spacial score (nSPS) is 13.9. The summed E-state index contributed by atoms with van der Waals surface area (Å²) in [5, 5.41) is 10.6. The van der Waals surface area contributed by atoms with E-state index in [1.165, 1.54) is 218 Å². The third kappa shape index (κ3) is 70.2. The topological polar surface area (TPSA) is 237 Å². The second kappa shape index (κ2) is 71.2. The van der Waals surface area contributed by atoms with E-state index in [4.69, 9.17) is 37.0 Å². The van der Waals surface area contributed by atoms with Gasteiger partial charge in [0, 0.05) is 25.7 Å². The number of ether oxygens (including phenoxy) is 4. The van der Waals surface area contributed by atoms with E-state index >= 15 is 0 Å². The molecule has 0 bridgehead atoms. The minimum Gasteiger partial charge on any atom is -0.462 e. The van der Waals surface area contributed by atoms with Crippen LogP contribution in [-0.2, 0) is 65.4 Å². The van der Waals surface area contributed by atoms with Crippen molar-refractivity contribution in [2.24, 2.45) is 0 Å². The second-order valence-electron chi connectivity index (χ2n) is 27.4. The maximum absolute atomic E-state index is 13.1. The Morgan fingerprint density at radius 3 is 0.719 bits per heavy atom. The van der Waals surface area contributed by atoms with E-state index in [2.05, 4.69) is 39.8 Å². The Morgan fingerprint density at radius 2 is 0.479 bits per heavy atom. The van der Waals surface area contributed by atoms with Crippen LogP contribution in [0, 0.1) is 0 Å². The van der Waals surface area contributed by atoms with Crippen molar-refractivity contribution in [1.29, 1.82) is 0 Å². The first kappa shape index (κ1) is 93.8. The van der Waals surface area contributed by atoms with Gasteiger partial charge < -0.3 is 33.8 Å². The number of allylic oxidation sites excluding steroid dienone is 2. The first-order valence-electron chi connectivity index (χ1n) is 39.9. The fraction of sp³-hybridized carbons (Fsp3) is 0.922. The van der Waals surface area contributed by atoms with Gasteiger partial charge in [0.05, 0.1) is 26.4 Å². The van der Waals surface area contributed by atoms with Crippen LogP contribution in [0.2, 0.25) is 0 Å². The molecule has 5 atom stereocenters. The van der Waals surface area contributed by atoms with Crippen molar-refractivity contribution in [3.8, 4) is 0 Å². The van der Waals surface area contributed by atoms with Crippen LogP contribution in [0.5, 0.6) is 0 Å². The molecule has 0 rings (SSSR count). The summed E-state index contributed by atoms with van der Waals surface area (Å²) in [7, 11) is -9.92. The summed E-state index contributed by atoms with van der Waals surface area (Å²) < 4.78 is 68.6. The van der Waals surface area contributed by atoms with Gasteiger partial charge in [-0.15, -0.1) is 0 Å². The molecule has 0 aromatic rings. The van der Waals surface area contributed by atoms with E-state index in [9.17, 15) is 43.2 Å². The highest BCUT2D eigenvalue weighted by atomic mass is 31.2.